The van der Waals surface area contributed by atoms with Gasteiger partial charge in [0, 0.05) is 12.3 Å². The summed E-state index contributed by atoms with van der Waals surface area (Å²) in [6, 6.07) is 0. The number of hydrogen-bond donors (Lipinski definition) is 1. The van der Waals surface area contributed by atoms with Crippen LogP contribution in [0.5, 0.6) is 0 Å². The molecule has 0 bridgehead atoms. The first-order valence-corrected chi connectivity index (χ1v) is 5.32. The molecule has 2 nitrogen and oxygen atoms in total. The van der Waals surface area contributed by atoms with Gasteiger partial charge in [-0.15, -0.1) is 0 Å². The molecule has 0 radical (unpaired) electrons. The lowest BCUT2D eigenvalue weighted by atomic mass is 10.3. The Kier molecular flexibility index (Phi) is 3.45. The third kappa shape index (κ3) is 4.68. The van der Waals surface area contributed by atoms with Crippen LogP contribution in [0.2, 0.25) is 0 Å². The zero-order valence-corrected chi connectivity index (χ0v) is 7.19. The van der Waals surface area contributed by atoms with E-state index in [-0.39, 0.29) is 0 Å². The molecule has 0 aromatic heterocycles. The van der Waals surface area contributed by atoms with Crippen LogP contribution in [-0.4, -0.2) is 17.2 Å². The van der Waals surface area contributed by atoms with Crippen molar-refractivity contribution < 1.29 is 9.46 Å². The van der Waals surface area contributed by atoms with Gasteiger partial charge in [-0.1, -0.05) is 20.8 Å². The van der Waals surface area contributed by atoms with E-state index in [9.17, 15) is 4.57 Å². The SMILES string of the molecule is CCP(=O)(O)CC(C)C. The van der Waals surface area contributed by atoms with Crippen molar-refractivity contribution in [2.24, 2.45) is 5.92 Å². The minimum absolute atomic E-state index is 0.334. The van der Waals surface area contributed by atoms with Gasteiger partial charge < -0.3 is 4.89 Å². The fourth-order valence-electron chi connectivity index (χ4n) is 0.700. The second kappa shape index (κ2) is 3.38. The first-order chi connectivity index (χ1) is 3.98. The van der Waals surface area contributed by atoms with Crippen molar-refractivity contribution in [2.45, 2.75) is 20.8 Å². The molecular weight excluding hydrogens is 135 g/mol. The molecule has 1 atom stereocenters. The van der Waals surface area contributed by atoms with Gasteiger partial charge in [0.2, 0.25) is 7.37 Å². The summed E-state index contributed by atoms with van der Waals surface area (Å²) in [7, 11) is -2.73. The minimum atomic E-state index is -2.73. The maximum atomic E-state index is 10.9. The van der Waals surface area contributed by atoms with Crippen molar-refractivity contribution in [3.8, 4) is 0 Å². The highest BCUT2D eigenvalue weighted by molar-refractivity contribution is 7.57. The van der Waals surface area contributed by atoms with Gasteiger partial charge in [-0.2, -0.15) is 0 Å². The van der Waals surface area contributed by atoms with Crippen LogP contribution in [0.15, 0.2) is 0 Å². The third-order valence-electron chi connectivity index (χ3n) is 1.14. The summed E-state index contributed by atoms with van der Waals surface area (Å²) in [5.74, 6) is 0.334. The normalized spacial score (nSPS) is 17.9. The van der Waals surface area contributed by atoms with Gasteiger partial charge in [0.1, 0.15) is 0 Å². The molecular formula is C6H15O2P. The highest BCUT2D eigenvalue weighted by Gasteiger charge is 2.15. The van der Waals surface area contributed by atoms with E-state index in [1.54, 1.807) is 6.92 Å². The Morgan fingerprint density at radius 2 is 2.00 bits per heavy atom. The maximum Gasteiger partial charge on any atom is 0.200 e. The molecule has 0 aromatic rings. The number of rotatable bonds is 3. The molecule has 0 heterocycles. The van der Waals surface area contributed by atoms with Crippen molar-refractivity contribution in [1.29, 1.82) is 0 Å². The fourth-order valence-corrected chi connectivity index (χ4v) is 2.10. The van der Waals surface area contributed by atoms with Crippen LogP contribution in [0.4, 0.5) is 0 Å². The lowest BCUT2D eigenvalue weighted by Crippen LogP contribution is -1.98. The Balaban J connectivity index is 3.73. The Hall–Kier alpha value is 0.190. The fraction of sp³-hybridized carbons (Fsp3) is 1.00. The van der Waals surface area contributed by atoms with Crippen molar-refractivity contribution in [3.63, 3.8) is 0 Å². The van der Waals surface area contributed by atoms with Crippen LogP contribution in [0.3, 0.4) is 0 Å². The van der Waals surface area contributed by atoms with E-state index in [0.29, 0.717) is 18.2 Å². The van der Waals surface area contributed by atoms with Crippen molar-refractivity contribution in [3.05, 3.63) is 0 Å². The molecule has 0 fully saturated rings. The van der Waals surface area contributed by atoms with Crippen LogP contribution >= 0.6 is 7.37 Å². The molecule has 0 aromatic carbocycles. The molecule has 0 aliphatic rings. The summed E-state index contributed by atoms with van der Waals surface area (Å²) in [5.41, 5.74) is 0. The maximum absolute atomic E-state index is 10.9. The largest absolute Gasteiger partial charge is 0.344 e. The monoisotopic (exact) mass is 150 g/mol. The second-order valence-corrected chi connectivity index (χ2v) is 5.43. The first-order valence-electron chi connectivity index (χ1n) is 3.29. The number of hydrogen-bond acceptors (Lipinski definition) is 1. The van der Waals surface area contributed by atoms with Crippen LogP contribution < -0.4 is 0 Å². The van der Waals surface area contributed by atoms with E-state index in [1.807, 2.05) is 13.8 Å². The lowest BCUT2D eigenvalue weighted by Gasteiger charge is -2.10. The zero-order chi connectivity index (χ0) is 7.49. The Labute approximate surface area is 56.7 Å². The first kappa shape index (κ1) is 9.19. The summed E-state index contributed by atoms with van der Waals surface area (Å²) in [5, 5.41) is 0. The summed E-state index contributed by atoms with van der Waals surface area (Å²) in [6.45, 7) is 5.67. The van der Waals surface area contributed by atoms with E-state index >= 15 is 0 Å². The van der Waals surface area contributed by atoms with Crippen molar-refractivity contribution in [2.75, 3.05) is 12.3 Å². The second-order valence-electron chi connectivity index (χ2n) is 2.74. The van der Waals surface area contributed by atoms with Crippen LogP contribution in [-0.2, 0) is 4.57 Å². The molecule has 1 N–H and O–H groups in total. The molecule has 0 saturated heterocycles. The van der Waals surface area contributed by atoms with E-state index in [0.717, 1.165) is 0 Å². The van der Waals surface area contributed by atoms with Crippen LogP contribution in [0.1, 0.15) is 20.8 Å². The van der Waals surface area contributed by atoms with Crippen LogP contribution in [0.25, 0.3) is 0 Å². The van der Waals surface area contributed by atoms with Crippen LogP contribution in [0, 0.1) is 5.92 Å². The molecule has 0 rings (SSSR count). The molecule has 56 valence electrons. The molecule has 1 unspecified atom stereocenters. The third-order valence-corrected chi connectivity index (χ3v) is 3.43. The standard InChI is InChI=1S/C6H15O2P/c1-4-9(7,8)5-6(2)3/h6H,4-5H2,1-3H3,(H,7,8). The summed E-state index contributed by atoms with van der Waals surface area (Å²) < 4.78 is 10.9. The predicted octanol–water partition coefficient (Wildman–Crippen LogP) is 1.93. The van der Waals surface area contributed by atoms with Gasteiger partial charge >= 0.3 is 0 Å². The summed E-state index contributed by atoms with van der Waals surface area (Å²) >= 11 is 0. The van der Waals surface area contributed by atoms with E-state index in [1.165, 1.54) is 0 Å². The van der Waals surface area contributed by atoms with E-state index < -0.39 is 7.37 Å². The summed E-state index contributed by atoms with van der Waals surface area (Å²) in [4.78, 5) is 9.05. The molecule has 0 amide bonds. The van der Waals surface area contributed by atoms with Gasteiger partial charge in [0.15, 0.2) is 0 Å². The lowest BCUT2D eigenvalue weighted by molar-refractivity contribution is 0.470. The Morgan fingerprint density at radius 3 is 2.11 bits per heavy atom. The molecule has 0 spiro atoms. The average Bonchev–Trinajstić information content (AvgIpc) is 1.63. The molecule has 0 aliphatic carbocycles. The average molecular weight is 150 g/mol. The highest BCUT2D eigenvalue weighted by Crippen LogP contribution is 2.41. The summed E-state index contributed by atoms with van der Waals surface area (Å²) in [6.07, 6.45) is 0.870. The molecule has 9 heavy (non-hydrogen) atoms. The zero-order valence-electron chi connectivity index (χ0n) is 6.29. The van der Waals surface area contributed by atoms with Gasteiger partial charge in [0.05, 0.1) is 0 Å². The van der Waals surface area contributed by atoms with Crippen molar-refractivity contribution in [1.82, 2.24) is 0 Å². The van der Waals surface area contributed by atoms with Gasteiger partial charge in [0.25, 0.3) is 0 Å². The van der Waals surface area contributed by atoms with Gasteiger partial charge in [-0.05, 0) is 5.92 Å². The van der Waals surface area contributed by atoms with Gasteiger partial charge in [-0.3, -0.25) is 4.57 Å². The molecule has 0 saturated carbocycles. The molecule has 3 heteroatoms. The van der Waals surface area contributed by atoms with Gasteiger partial charge in [-0.25, -0.2) is 0 Å². The smallest absolute Gasteiger partial charge is 0.200 e. The van der Waals surface area contributed by atoms with Crippen molar-refractivity contribution >= 4 is 7.37 Å². The Morgan fingerprint density at radius 1 is 1.56 bits per heavy atom. The van der Waals surface area contributed by atoms with E-state index in [2.05, 4.69) is 0 Å². The Bertz CT molecular complexity index is 120. The highest BCUT2D eigenvalue weighted by atomic mass is 31.2. The molecule has 0 aliphatic heterocycles. The predicted molar refractivity (Wildman–Crippen MR) is 40.1 cm³/mol. The quantitative estimate of drug-likeness (QED) is 0.624. The minimum Gasteiger partial charge on any atom is -0.344 e. The van der Waals surface area contributed by atoms with E-state index in [4.69, 9.17) is 4.89 Å². The topological polar surface area (TPSA) is 37.3 Å².